The van der Waals surface area contributed by atoms with E-state index in [2.05, 4.69) is 44.5 Å². The van der Waals surface area contributed by atoms with Gasteiger partial charge in [-0.15, -0.1) is 0 Å². The van der Waals surface area contributed by atoms with Gasteiger partial charge in [-0.1, -0.05) is 24.3 Å². The van der Waals surface area contributed by atoms with Gasteiger partial charge in [0, 0.05) is 30.3 Å². The Morgan fingerprint density at radius 1 is 1.04 bits per heavy atom. The van der Waals surface area contributed by atoms with Crippen LogP contribution in [-0.4, -0.2) is 22.4 Å². The highest BCUT2D eigenvalue weighted by Crippen LogP contribution is 2.33. The van der Waals surface area contributed by atoms with E-state index in [1.165, 1.54) is 11.3 Å². The van der Waals surface area contributed by atoms with E-state index in [0.29, 0.717) is 12.2 Å². The predicted octanol–water partition coefficient (Wildman–Crippen LogP) is 3.49. The Balaban J connectivity index is 1.53. The molecule has 2 aromatic heterocycles. The highest BCUT2D eigenvalue weighted by Gasteiger charge is 2.19. The van der Waals surface area contributed by atoms with Crippen molar-refractivity contribution in [1.29, 1.82) is 0 Å². The van der Waals surface area contributed by atoms with Gasteiger partial charge in [-0.3, -0.25) is 14.8 Å². The molecule has 5 nitrogen and oxygen atoms in total. The molecular formula is C21H20N4O. The van der Waals surface area contributed by atoms with Crippen LogP contribution < -0.4 is 10.2 Å². The maximum absolute atomic E-state index is 12.5. The number of aryl methyl sites for hydroxylation is 1. The van der Waals surface area contributed by atoms with Crippen molar-refractivity contribution in [3.8, 4) is 0 Å². The molecule has 0 fully saturated rings. The van der Waals surface area contributed by atoms with Crippen LogP contribution in [0.15, 0.2) is 67.0 Å². The average Bonchev–Trinajstić information content (AvgIpc) is 2.72. The fourth-order valence-corrected chi connectivity index (χ4v) is 3.28. The molecule has 26 heavy (non-hydrogen) atoms. The molecule has 1 aliphatic rings. The third kappa shape index (κ3) is 3.42. The molecule has 1 aliphatic heterocycles. The summed E-state index contributed by atoms with van der Waals surface area (Å²) in [6.45, 7) is 1.33. The Bertz CT molecular complexity index is 911. The number of nitrogens with one attached hydrogen (secondary N) is 1. The molecule has 0 bridgehead atoms. The Morgan fingerprint density at radius 2 is 1.92 bits per heavy atom. The monoisotopic (exact) mass is 344 g/mol. The van der Waals surface area contributed by atoms with Crippen molar-refractivity contribution in [2.24, 2.45) is 0 Å². The summed E-state index contributed by atoms with van der Waals surface area (Å²) >= 11 is 0. The molecule has 0 atom stereocenters. The topological polar surface area (TPSA) is 58.1 Å². The number of aromatic nitrogens is 2. The lowest BCUT2D eigenvalue weighted by Crippen LogP contribution is -2.26. The lowest BCUT2D eigenvalue weighted by atomic mass is 10.0. The van der Waals surface area contributed by atoms with Crippen molar-refractivity contribution in [1.82, 2.24) is 15.3 Å². The molecule has 1 aromatic carbocycles. The number of nitrogens with zero attached hydrogens (tertiary/aromatic N) is 3. The SMILES string of the molecule is O=C(NCc1ccccn1)c1cc(N2CCCc3ccccc32)ccn1. The number of fused-ring (bicyclic) bond motifs is 1. The third-order valence-electron chi connectivity index (χ3n) is 4.55. The molecule has 0 unspecified atom stereocenters. The average molecular weight is 344 g/mol. The quantitative estimate of drug-likeness (QED) is 0.787. The van der Waals surface area contributed by atoms with Crippen LogP contribution in [0.3, 0.4) is 0 Å². The minimum absolute atomic E-state index is 0.192. The highest BCUT2D eigenvalue weighted by molar-refractivity contribution is 5.93. The van der Waals surface area contributed by atoms with Crippen molar-refractivity contribution < 1.29 is 4.79 Å². The zero-order valence-corrected chi connectivity index (χ0v) is 14.4. The molecule has 0 aliphatic carbocycles. The lowest BCUT2D eigenvalue weighted by Gasteiger charge is -2.31. The number of pyridine rings is 2. The second-order valence-electron chi connectivity index (χ2n) is 6.29. The van der Waals surface area contributed by atoms with Crippen LogP contribution in [0.1, 0.15) is 28.2 Å². The van der Waals surface area contributed by atoms with E-state index in [4.69, 9.17) is 0 Å². The summed E-state index contributed by atoms with van der Waals surface area (Å²) in [7, 11) is 0. The minimum atomic E-state index is -0.192. The fourth-order valence-electron chi connectivity index (χ4n) is 3.28. The van der Waals surface area contributed by atoms with Gasteiger partial charge in [0.05, 0.1) is 12.2 Å². The van der Waals surface area contributed by atoms with E-state index >= 15 is 0 Å². The van der Waals surface area contributed by atoms with E-state index in [0.717, 1.165) is 30.8 Å². The fraction of sp³-hybridized carbons (Fsp3) is 0.190. The van der Waals surface area contributed by atoms with Crippen molar-refractivity contribution in [2.45, 2.75) is 19.4 Å². The number of carbonyl (C=O) groups excluding carboxylic acids is 1. The van der Waals surface area contributed by atoms with E-state index in [9.17, 15) is 4.79 Å². The molecule has 0 saturated heterocycles. The third-order valence-corrected chi connectivity index (χ3v) is 4.55. The number of anilines is 2. The molecular weight excluding hydrogens is 324 g/mol. The smallest absolute Gasteiger partial charge is 0.270 e. The summed E-state index contributed by atoms with van der Waals surface area (Å²) in [6, 6.07) is 17.9. The summed E-state index contributed by atoms with van der Waals surface area (Å²) in [5.41, 5.74) is 4.79. The first-order chi connectivity index (χ1) is 12.8. The summed E-state index contributed by atoms with van der Waals surface area (Å²) in [5, 5.41) is 2.88. The molecule has 1 N–H and O–H groups in total. The van der Waals surface area contributed by atoms with Crippen LogP contribution in [0.25, 0.3) is 0 Å². The molecule has 3 aromatic rings. The first-order valence-corrected chi connectivity index (χ1v) is 8.81. The second kappa shape index (κ2) is 7.35. The Labute approximate surface area is 152 Å². The van der Waals surface area contributed by atoms with E-state index < -0.39 is 0 Å². The zero-order valence-electron chi connectivity index (χ0n) is 14.4. The molecule has 0 saturated carbocycles. The summed E-state index contributed by atoms with van der Waals surface area (Å²) < 4.78 is 0. The number of rotatable bonds is 4. The van der Waals surface area contributed by atoms with Gasteiger partial charge in [-0.05, 0) is 48.7 Å². The van der Waals surface area contributed by atoms with Gasteiger partial charge in [-0.2, -0.15) is 0 Å². The van der Waals surface area contributed by atoms with Crippen molar-refractivity contribution in [3.05, 3.63) is 83.9 Å². The van der Waals surface area contributed by atoms with Crippen molar-refractivity contribution >= 4 is 17.3 Å². The van der Waals surface area contributed by atoms with E-state index in [1.807, 2.05) is 30.3 Å². The van der Waals surface area contributed by atoms with Gasteiger partial charge in [0.25, 0.3) is 5.91 Å². The van der Waals surface area contributed by atoms with Crippen LogP contribution >= 0.6 is 0 Å². The number of benzene rings is 1. The number of para-hydroxylation sites is 1. The van der Waals surface area contributed by atoms with Crippen LogP contribution in [0.5, 0.6) is 0 Å². The molecule has 5 heteroatoms. The second-order valence-corrected chi connectivity index (χ2v) is 6.29. The predicted molar refractivity (Wildman–Crippen MR) is 101 cm³/mol. The maximum Gasteiger partial charge on any atom is 0.270 e. The van der Waals surface area contributed by atoms with E-state index in [-0.39, 0.29) is 5.91 Å². The molecule has 3 heterocycles. The number of amides is 1. The minimum Gasteiger partial charge on any atom is -0.345 e. The maximum atomic E-state index is 12.5. The summed E-state index contributed by atoms with van der Waals surface area (Å²) in [5.74, 6) is -0.192. The molecule has 0 spiro atoms. The van der Waals surface area contributed by atoms with Crippen LogP contribution in [0.2, 0.25) is 0 Å². The molecule has 130 valence electrons. The first kappa shape index (κ1) is 16.3. The molecule has 4 rings (SSSR count). The Morgan fingerprint density at radius 3 is 2.81 bits per heavy atom. The highest BCUT2D eigenvalue weighted by atomic mass is 16.1. The lowest BCUT2D eigenvalue weighted by molar-refractivity contribution is 0.0945. The van der Waals surface area contributed by atoms with Crippen LogP contribution in [0, 0.1) is 0 Å². The van der Waals surface area contributed by atoms with Crippen molar-refractivity contribution in [2.75, 3.05) is 11.4 Å². The normalized spacial score (nSPS) is 13.2. The van der Waals surface area contributed by atoms with E-state index in [1.54, 1.807) is 12.4 Å². The van der Waals surface area contributed by atoms with Crippen LogP contribution in [0.4, 0.5) is 11.4 Å². The standard InChI is InChI=1S/C21H20N4O/c26-21(24-15-17-8-3-4-11-22-17)19-14-18(10-12-23-19)25-13-5-7-16-6-1-2-9-20(16)25/h1-4,6,8-12,14H,5,7,13,15H2,(H,24,26). The molecule has 1 amide bonds. The van der Waals surface area contributed by atoms with Gasteiger partial charge >= 0.3 is 0 Å². The Hall–Kier alpha value is -3.21. The van der Waals surface area contributed by atoms with Gasteiger partial charge in [-0.25, -0.2) is 0 Å². The Kier molecular flexibility index (Phi) is 4.60. The van der Waals surface area contributed by atoms with Gasteiger partial charge in [0.1, 0.15) is 5.69 Å². The van der Waals surface area contributed by atoms with Gasteiger partial charge in [0.15, 0.2) is 0 Å². The zero-order chi connectivity index (χ0) is 17.8. The number of hydrogen-bond acceptors (Lipinski definition) is 4. The van der Waals surface area contributed by atoms with Gasteiger partial charge in [0.2, 0.25) is 0 Å². The summed E-state index contributed by atoms with van der Waals surface area (Å²) in [6.07, 6.45) is 5.60. The summed E-state index contributed by atoms with van der Waals surface area (Å²) in [4.78, 5) is 23.2. The largest absolute Gasteiger partial charge is 0.345 e. The molecule has 0 radical (unpaired) electrons. The van der Waals surface area contributed by atoms with Crippen LogP contribution in [-0.2, 0) is 13.0 Å². The first-order valence-electron chi connectivity index (χ1n) is 8.81. The number of carbonyl (C=O) groups is 1. The number of hydrogen-bond donors (Lipinski definition) is 1. The van der Waals surface area contributed by atoms with Crippen molar-refractivity contribution in [3.63, 3.8) is 0 Å². The van der Waals surface area contributed by atoms with Gasteiger partial charge < -0.3 is 10.2 Å².